The molecule has 0 unspecified atom stereocenters. The molecular formula is C40H47FN2O6. The van der Waals surface area contributed by atoms with E-state index < -0.39 is 17.4 Å². The van der Waals surface area contributed by atoms with E-state index >= 15 is 0 Å². The van der Waals surface area contributed by atoms with Crippen molar-refractivity contribution in [2.45, 2.75) is 104 Å². The van der Waals surface area contributed by atoms with Crippen LogP contribution in [-0.2, 0) is 30.4 Å². The minimum atomic E-state index is -0.916. The first-order valence-corrected chi connectivity index (χ1v) is 16.9. The van der Waals surface area contributed by atoms with Crippen LogP contribution in [0.25, 0.3) is 22.4 Å². The summed E-state index contributed by atoms with van der Waals surface area (Å²) in [4.78, 5) is 32.7. The van der Waals surface area contributed by atoms with E-state index in [0.29, 0.717) is 36.2 Å². The van der Waals surface area contributed by atoms with Gasteiger partial charge in [0.25, 0.3) is 0 Å². The maximum atomic E-state index is 14.3. The van der Waals surface area contributed by atoms with Gasteiger partial charge in [-0.15, -0.1) is 0 Å². The minimum Gasteiger partial charge on any atom is -0.460 e. The maximum Gasteiger partial charge on any atom is 0.365 e. The molecule has 49 heavy (non-hydrogen) atoms. The monoisotopic (exact) mass is 670 g/mol. The molecule has 0 bridgehead atoms. The number of hydrogen-bond donors (Lipinski definition) is 1. The lowest BCUT2D eigenvalue weighted by molar-refractivity contribution is -0.301. The zero-order valence-corrected chi connectivity index (χ0v) is 29.4. The highest BCUT2D eigenvalue weighted by atomic mass is 19.1. The SMILES string of the molecule is CC(C)c1c(C(=O)ONc2ccccc2)c(-c2ccccc2)c(-c2ccc(F)cc2)n1CC[C@@H]1C[C@H](CC(=O)OC(C)(C)C)OC(C)(C)O1. The van der Waals surface area contributed by atoms with Gasteiger partial charge >= 0.3 is 11.9 Å². The normalized spacial score (nSPS) is 17.5. The van der Waals surface area contributed by atoms with Crippen LogP contribution in [0, 0.1) is 5.82 Å². The Kier molecular flexibility index (Phi) is 10.9. The third-order valence-corrected chi connectivity index (χ3v) is 8.19. The molecular weight excluding hydrogens is 623 g/mol. The summed E-state index contributed by atoms with van der Waals surface area (Å²) in [6.07, 6.45) is 0.531. The molecule has 1 fully saturated rings. The van der Waals surface area contributed by atoms with Crippen molar-refractivity contribution in [1.29, 1.82) is 0 Å². The van der Waals surface area contributed by atoms with E-state index in [1.165, 1.54) is 12.1 Å². The number of benzene rings is 3. The maximum absolute atomic E-state index is 14.3. The molecule has 1 aliphatic rings. The third-order valence-electron chi connectivity index (χ3n) is 8.19. The van der Waals surface area contributed by atoms with Gasteiger partial charge in [-0.1, -0.05) is 62.4 Å². The molecule has 0 radical (unpaired) electrons. The van der Waals surface area contributed by atoms with Crippen molar-refractivity contribution in [3.8, 4) is 22.4 Å². The van der Waals surface area contributed by atoms with Crippen LogP contribution in [0.5, 0.6) is 0 Å². The van der Waals surface area contributed by atoms with Crippen molar-refractivity contribution in [3.63, 3.8) is 0 Å². The molecule has 8 nitrogen and oxygen atoms in total. The van der Waals surface area contributed by atoms with E-state index in [2.05, 4.69) is 10.0 Å². The molecule has 2 atom stereocenters. The quantitative estimate of drug-likeness (QED) is 0.126. The third kappa shape index (κ3) is 9.16. The van der Waals surface area contributed by atoms with Gasteiger partial charge in [-0.2, -0.15) is 0 Å². The van der Waals surface area contributed by atoms with E-state index in [9.17, 15) is 14.0 Å². The van der Waals surface area contributed by atoms with Crippen molar-refractivity contribution >= 4 is 17.6 Å². The van der Waals surface area contributed by atoms with Crippen molar-refractivity contribution in [3.05, 3.63) is 102 Å². The number of hydrogen-bond acceptors (Lipinski definition) is 7. The zero-order valence-electron chi connectivity index (χ0n) is 29.4. The largest absolute Gasteiger partial charge is 0.460 e. The summed E-state index contributed by atoms with van der Waals surface area (Å²) in [5.41, 5.74) is 7.14. The predicted octanol–water partition coefficient (Wildman–Crippen LogP) is 9.30. The van der Waals surface area contributed by atoms with E-state index in [-0.39, 0.29) is 36.3 Å². The van der Waals surface area contributed by atoms with Crippen molar-refractivity contribution in [2.75, 3.05) is 5.48 Å². The molecule has 5 rings (SSSR count). The molecule has 4 aromatic rings. The number of halogens is 1. The van der Waals surface area contributed by atoms with E-state index in [0.717, 1.165) is 22.5 Å². The van der Waals surface area contributed by atoms with Crippen LogP contribution < -0.4 is 5.48 Å². The summed E-state index contributed by atoms with van der Waals surface area (Å²) in [5.74, 6) is -2.22. The topological polar surface area (TPSA) is 88.0 Å². The zero-order chi connectivity index (χ0) is 35.3. The van der Waals surface area contributed by atoms with Gasteiger partial charge in [0, 0.05) is 24.2 Å². The predicted molar refractivity (Wildman–Crippen MR) is 188 cm³/mol. The number of nitrogens with one attached hydrogen (secondary N) is 1. The standard InChI is InChI=1S/C40H47FN2O6/c1-26(2)36-35(38(45)49-42-30-16-12-9-13-17-30)34(27-14-10-8-11-15-27)37(28-18-20-29(41)21-19-28)43(36)23-22-31-24-32(47-40(6,7)46-31)25-33(44)48-39(3,4)5/h8-21,26,31-32,42H,22-25H2,1-7H3/t31-,32-/m1/s1. The summed E-state index contributed by atoms with van der Waals surface area (Å²) in [6.45, 7) is 13.8. The van der Waals surface area contributed by atoms with Gasteiger partial charge in [0.2, 0.25) is 0 Å². The second kappa shape index (κ2) is 15.0. The second-order valence-electron chi connectivity index (χ2n) is 14.2. The molecule has 0 saturated carbocycles. The van der Waals surface area contributed by atoms with Crippen LogP contribution in [0.1, 0.15) is 89.7 Å². The average Bonchev–Trinajstić information content (AvgIpc) is 3.38. The first-order chi connectivity index (χ1) is 23.2. The van der Waals surface area contributed by atoms with E-state index in [1.807, 2.05) is 109 Å². The van der Waals surface area contributed by atoms with Gasteiger partial charge in [0.1, 0.15) is 11.4 Å². The average molecular weight is 671 g/mol. The number of carbonyl (C=O) groups excluding carboxylic acids is 2. The van der Waals surface area contributed by atoms with Gasteiger partial charge in [-0.05, 0) is 94.5 Å². The summed E-state index contributed by atoms with van der Waals surface area (Å²) in [7, 11) is 0. The van der Waals surface area contributed by atoms with E-state index in [1.54, 1.807) is 12.1 Å². The van der Waals surface area contributed by atoms with Crippen LogP contribution in [0.2, 0.25) is 0 Å². The van der Waals surface area contributed by atoms with Crippen LogP contribution in [-0.4, -0.2) is 40.1 Å². The number of esters is 1. The Bertz CT molecular complexity index is 1730. The highest BCUT2D eigenvalue weighted by Gasteiger charge is 2.38. The second-order valence-corrected chi connectivity index (χ2v) is 14.2. The van der Waals surface area contributed by atoms with Gasteiger partial charge in [0.15, 0.2) is 5.79 Å². The van der Waals surface area contributed by atoms with Crippen LogP contribution in [0.3, 0.4) is 0 Å². The number of aromatic nitrogens is 1. The van der Waals surface area contributed by atoms with Gasteiger partial charge in [0.05, 0.1) is 35.6 Å². The Balaban J connectivity index is 1.56. The van der Waals surface area contributed by atoms with Crippen LogP contribution in [0.15, 0.2) is 84.9 Å². The molecule has 3 aromatic carbocycles. The summed E-state index contributed by atoms with van der Waals surface area (Å²) in [6, 6.07) is 25.2. The summed E-state index contributed by atoms with van der Waals surface area (Å²) < 4.78 is 34.5. The molecule has 260 valence electrons. The first-order valence-electron chi connectivity index (χ1n) is 16.9. The highest BCUT2D eigenvalue weighted by Crippen LogP contribution is 2.43. The fraction of sp³-hybridized carbons (Fsp3) is 0.400. The fourth-order valence-corrected chi connectivity index (χ4v) is 6.50. The smallest absolute Gasteiger partial charge is 0.365 e. The highest BCUT2D eigenvalue weighted by molar-refractivity contribution is 6.04. The number of anilines is 1. The van der Waals surface area contributed by atoms with Crippen LogP contribution >= 0.6 is 0 Å². The number of nitrogens with zero attached hydrogens (tertiary/aromatic N) is 1. The molecule has 1 saturated heterocycles. The molecule has 0 amide bonds. The fourth-order valence-electron chi connectivity index (χ4n) is 6.50. The Morgan fingerprint density at radius 3 is 2.14 bits per heavy atom. The molecule has 0 aliphatic carbocycles. The lowest BCUT2D eigenvalue weighted by Gasteiger charge is -2.41. The molecule has 9 heteroatoms. The van der Waals surface area contributed by atoms with Crippen molar-refractivity contribution < 1.29 is 33.0 Å². The molecule has 0 spiro atoms. The van der Waals surface area contributed by atoms with Gasteiger partial charge in [-0.3, -0.25) is 4.79 Å². The lowest BCUT2D eigenvalue weighted by Crippen LogP contribution is -2.46. The Morgan fingerprint density at radius 1 is 0.918 bits per heavy atom. The van der Waals surface area contributed by atoms with Gasteiger partial charge < -0.3 is 23.6 Å². The first kappa shape index (κ1) is 35.8. The summed E-state index contributed by atoms with van der Waals surface area (Å²) in [5, 5.41) is 0. The number of ether oxygens (including phenoxy) is 3. The molecule has 1 aromatic heterocycles. The molecule has 1 N–H and O–H groups in total. The Hall–Kier alpha value is -4.47. The van der Waals surface area contributed by atoms with Crippen molar-refractivity contribution in [2.24, 2.45) is 0 Å². The van der Waals surface area contributed by atoms with Crippen LogP contribution in [0.4, 0.5) is 10.1 Å². The number of carbonyl (C=O) groups is 2. The lowest BCUT2D eigenvalue weighted by atomic mass is 9.95. The van der Waals surface area contributed by atoms with E-state index in [4.69, 9.17) is 19.0 Å². The molecule has 1 aliphatic heterocycles. The number of para-hydroxylation sites is 1. The Morgan fingerprint density at radius 2 is 1.53 bits per heavy atom. The number of rotatable bonds is 11. The van der Waals surface area contributed by atoms with Crippen molar-refractivity contribution in [1.82, 2.24) is 4.57 Å². The minimum absolute atomic E-state index is 0.0945. The Labute approximate surface area is 288 Å². The van der Waals surface area contributed by atoms with Gasteiger partial charge in [-0.25, -0.2) is 14.7 Å². The summed E-state index contributed by atoms with van der Waals surface area (Å²) >= 11 is 0. The molecule has 2 heterocycles.